The van der Waals surface area contributed by atoms with E-state index in [2.05, 4.69) is 37.9 Å². The van der Waals surface area contributed by atoms with Gasteiger partial charge in [-0.3, -0.25) is 9.59 Å². The number of hydrogen-bond donors (Lipinski definition) is 0. The van der Waals surface area contributed by atoms with Gasteiger partial charge < -0.3 is 19.3 Å². The minimum absolute atomic E-state index is 0.00174. The van der Waals surface area contributed by atoms with Crippen LogP contribution in [0.4, 0.5) is 18.9 Å². The van der Waals surface area contributed by atoms with E-state index in [4.69, 9.17) is 0 Å². The summed E-state index contributed by atoms with van der Waals surface area (Å²) in [5.74, 6) is -0.966. The lowest BCUT2D eigenvalue weighted by Crippen LogP contribution is -2.71. The number of piperazine rings is 1. The van der Waals surface area contributed by atoms with Crippen LogP contribution in [0.15, 0.2) is 61.2 Å². The van der Waals surface area contributed by atoms with Gasteiger partial charge in [0.05, 0.1) is 29.7 Å². The average molecular weight is 582 g/mol. The highest BCUT2D eigenvalue weighted by atomic mass is 19.4. The van der Waals surface area contributed by atoms with Crippen molar-refractivity contribution in [2.75, 3.05) is 18.0 Å². The van der Waals surface area contributed by atoms with Gasteiger partial charge in [-0.1, -0.05) is 58.9 Å². The Kier molecular flexibility index (Phi) is 7.85. The molecule has 1 saturated heterocycles. The highest BCUT2D eigenvalue weighted by Gasteiger charge is 2.50. The summed E-state index contributed by atoms with van der Waals surface area (Å²) in [6.07, 6.45) is 0.841. The number of benzene rings is 2. The Morgan fingerprint density at radius 2 is 1.67 bits per heavy atom. The Hall–Kier alpha value is -3.82. The van der Waals surface area contributed by atoms with Crippen LogP contribution < -0.4 is 4.90 Å². The second-order valence-corrected chi connectivity index (χ2v) is 12.6. The maximum Gasteiger partial charge on any atom is 0.416 e. The Bertz CT molecular complexity index is 1430. The zero-order valence-electron chi connectivity index (χ0n) is 24.7. The molecule has 3 heterocycles. The summed E-state index contributed by atoms with van der Waals surface area (Å²) in [5.41, 5.74) is 1.74. The van der Waals surface area contributed by atoms with Crippen molar-refractivity contribution in [1.82, 2.24) is 19.4 Å². The van der Waals surface area contributed by atoms with Crippen molar-refractivity contribution in [1.29, 1.82) is 0 Å². The number of hydrogen-bond acceptors (Lipinski definition) is 4. The molecular formula is C32H38F3N5O2. The Morgan fingerprint density at radius 1 is 0.976 bits per heavy atom. The van der Waals surface area contributed by atoms with Crippen LogP contribution in [0.5, 0.6) is 0 Å². The fourth-order valence-corrected chi connectivity index (χ4v) is 6.00. The monoisotopic (exact) mass is 581 g/mol. The van der Waals surface area contributed by atoms with Crippen LogP contribution in [0.1, 0.15) is 68.1 Å². The molecule has 1 aromatic heterocycles. The third-order valence-electron chi connectivity index (χ3n) is 8.23. The van der Waals surface area contributed by atoms with Crippen molar-refractivity contribution in [2.24, 2.45) is 5.92 Å². The summed E-state index contributed by atoms with van der Waals surface area (Å²) in [5, 5.41) is 0. The molecule has 1 fully saturated rings. The van der Waals surface area contributed by atoms with Gasteiger partial charge in [0.2, 0.25) is 5.91 Å². The van der Waals surface area contributed by atoms with Crippen LogP contribution in [0.25, 0.3) is 0 Å². The minimum Gasteiger partial charge on any atom is -0.349 e. The maximum absolute atomic E-state index is 13.9. The van der Waals surface area contributed by atoms with Gasteiger partial charge in [0, 0.05) is 32.0 Å². The predicted molar refractivity (Wildman–Crippen MR) is 155 cm³/mol. The molecule has 2 aromatic carbocycles. The summed E-state index contributed by atoms with van der Waals surface area (Å²) < 4.78 is 43.0. The molecule has 2 amide bonds. The second-order valence-electron chi connectivity index (χ2n) is 12.6. The molecule has 42 heavy (non-hydrogen) atoms. The predicted octanol–water partition coefficient (Wildman–Crippen LogP) is 5.95. The molecule has 224 valence electrons. The molecule has 0 N–H and O–H groups in total. The van der Waals surface area contributed by atoms with Crippen molar-refractivity contribution in [3.63, 3.8) is 0 Å². The smallest absolute Gasteiger partial charge is 0.349 e. The van der Waals surface area contributed by atoms with Gasteiger partial charge >= 0.3 is 6.18 Å². The number of carbonyl (C=O) groups is 2. The molecule has 2 aliphatic heterocycles. The molecule has 7 nitrogen and oxygen atoms in total. The molecule has 2 atom stereocenters. The number of alkyl halides is 3. The summed E-state index contributed by atoms with van der Waals surface area (Å²) in [4.78, 5) is 37.3. The molecule has 0 spiro atoms. The number of carbonyl (C=O) groups excluding carboxylic acids is 2. The van der Waals surface area contributed by atoms with Gasteiger partial charge in [-0.2, -0.15) is 13.2 Å². The van der Waals surface area contributed by atoms with E-state index in [1.165, 1.54) is 16.5 Å². The molecule has 5 rings (SSSR count). The summed E-state index contributed by atoms with van der Waals surface area (Å²) >= 11 is 0. The third-order valence-corrected chi connectivity index (χ3v) is 8.23. The Morgan fingerprint density at radius 3 is 2.26 bits per heavy atom. The highest BCUT2D eigenvalue weighted by Crippen LogP contribution is 2.40. The van der Waals surface area contributed by atoms with Gasteiger partial charge in [-0.15, -0.1) is 0 Å². The van der Waals surface area contributed by atoms with Gasteiger partial charge in [-0.05, 0) is 47.1 Å². The van der Waals surface area contributed by atoms with E-state index in [1.54, 1.807) is 17.4 Å². The Labute approximate surface area is 244 Å². The van der Waals surface area contributed by atoms with Gasteiger partial charge in [-0.25, -0.2) is 4.98 Å². The Balaban J connectivity index is 1.51. The van der Waals surface area contributed by atoms with E-state index in [-0.39, 0.29) is 29.3 Å². The zero-order valence-corrected chi connectivity index (χ0v) is 24.7. The third kappa shape index (κ3) is 5.76. The number of imidazole rings is 1. The number of rotatable bonds is 7. The van der Waals surface area contributed by atoms with E-state index in [0.717, 1.165) is 17.7 Å². The van der Waals surface area contributed by atoms with E-state index in [1.807, 2.05) is 41.6 Å². The van der Waals surface area contributed by atoms with Gasteiger partial charge in [0.1, 0.15) is 12.2 Å². The number of aryl methyl sites for hydroxylation is 1. The lowest BCUT2D eigenvalue weighted by atomic mass is 9.86. The van der Waals surface area contributed by atoms with Crippen LogP contribution in [0.3, 0.4) is 0 Å². The number of halogens is 3. The first kappa shape index (κ1) is 29.7. The highest BCUT2D eigenvalue weighted by molar-refractivity contribution is 6.05. The van der Waals surface area contributed by atoms with Crippen molar-refractivity contribution in [2.45, 2.75) is 77.9 Å². The number of fused-ring (bicyclic) bond motifs is 2. The van der Waals surface area contributed by atoms with E-state index >= 15 is 0 Å². The first-order chi connectivity index (χ1) is 19.8. The lowest BCUT2D eigenvalue weighted by Gasteiger charge is -2.54. The van der Waals surface area contributed by atoms with E-state index in [0.29, 0.717) is 31.7 Å². The molecule has 10 heteroatoms. The van der Waals surface area contributed by atoms with Gasteiger partial charge in [0.15, 0.2) is 0 Å². The lowest BCUT2D eigenvalue weighted by molar-refractivity contribution is -0.146. The summed E-state index contributed by atoms with van der Waals surface area (Å²) in [6, 6.07) is 10.8. The minimum atomic E-state index is -4.59. The largest absolute Gasteiger partial charge is 0.416 e. The fourth-order valence-electron chi connectivity index (χ4n) is 6.00. The fraction of sp³-hybridized carbons (Fsp3) is 0.469. The maximum atomic E-state index is 13.9. The number of aromatic nitrogens is 2. The summed E-state index contributed by atoms with van der Waals surface area (Å²) in [6.45, 7) is 12.0. The molecule has 0 radical (unpaired) electrons. The number of amides is 2. The molecule has 1 unspecified atom stereocenters. The summed E-state index contributed by atoms with van der Waals surface area (Å²) in [7, 11) is 0. The van der Waals surface area contributed by atoms with Crippen molar-refractivity contribution in [3.8, 4) is 0 Å². The SMILES string of the molecule is CC(C)[C@H]1C(=O)N(Cc2ccc(C(C)(C)C)cc2)CC2N(CCCn3ccnc3)c3ccc(C(F)(F)F)cc3C(=O)N21. The van der Waals surface area contributed by atoms with Crippen molar-refractivity contribution >= 4 is 17.5 Å². The number of anilines is 1. The molecular weight excluding hydrogens is 543 g/mol. The van der Waals surface area contributed by atoms with Crippen LogP contribution in [0.2, 0.25) is 0 Å². The van der Waals surface area contributed by atoms with E-state index in [9.17, 15) is 22.8 Å². The molecule has 2 aliphatic rings. The van der Waals surface area contributed by atoms with Crippen LogP contribution in [-0.4, -0.2) is 56.5 Å². The average Bonchev–Trinajstić information content (AvgIpc) is 3.44. The van der Waals surface area contributed by atoms with Crippen molar-refractivity contribution in [3.05, 3.63) is 83.4 Å². The van der Waals surface area contributed by atoms with Crippen LogP contribution in [-0.2, 0) is 29.5 Å². The quantitative estimate of drug-likeness (QED) is 0.346. The first-order valence-electron chi connectivity index (χ1n) is 14.4. The zero-order chi connectivity index (χ0) is 30.4. The standard InChI is InChI=1S/C32H38F3N5O2/c1-21(2)28-30(42)38(18-22-7-9-23(10-8-22)31(3,4)5)19-27-39(15-6-14-37-16-13-36-20-37)26-12-11-24(32(33,34)35)17-25(26)29(41)40(27)28/h7-13,16-17,20-21,27-28H,6,14-15,18-19H2,1-5H3/t27?,28-/m0/s1. The van der Waals surface area contributed by atoms with Gasteiger partial charge in [0.25, 0.3) is 5.91 Å². The van der Waals surface area contributed by atoms with E-state index < -0.39 is 29.9 Å². The van der Waals surface area contributed by atoms with Crippen LogP contribution >= 0.6 is 0 Å². The van der Waals surface area contributed by atoms with Crippen molar-refractivity contribution < 1.29 is 22.8 Å². The normalized spacial score (nSPS) is 19.4. The molecule has 0 bridgehead atoms. The molecule has 3 aromatic rings. The number of nitrogens with zero attached hydrogens (tertiary/aromatic N) is 5. The van der Waals surface area contributed by atoms with Crippen LogP contribution in [0, 0.1) is 5.92 Å². The topological polar surface area (TPSA) is 61.7 Å². The second kappa shape index (κ2) is 11.1. The first-order valence-corrected chi connectivity index (χ1v) is 14.4. The molecule has 0 saturated carbocycles. The molecule has 0 aliphatic carbocycles.